The number of hydrogen-bond donors (Lipinski definition) is 1. The quantitative estimate of drug-likeness (QED) is 0.200. The Balaban J connectivity index is 1.90. The summed E-state index contributed by atoms with van der Waals surface area (Å²) in [6, 6.07) is 20.9. The van der Waals surface area contributed by atoms with Crippen molar-refractivity contribution >= 4 is 66.7 Å². The maximum atomic E-state index is 13.9. The van der Waals surface area contributed by atoms with Crippen molar-refractivity contribution in [1.29, 1.82) is 0 Å². The zero-order valence-electron chi connectivity index (χ0n) is 23.9. The van der Waals surface area contributed by atoms with Crippen molar-refractivity contribution in [1.82, 2.24) is 10.2 Å². The van der Waals surface area contributed by atoms with Crippen LogP contribution in [0.2, 0.25) is 10.0 Å². The van der Waals surface area contributed by atoms with Crippen molar-refractivity contribution in [3.63, 3.8) is 0 Å². The molecular formula is C31H36BrCl2N3O4S. The molecule has 226 valence electrons. The van der Waals surface area contributed by atoms with Gasteiger partial charge in [-0.05, 0) is 61.2 Å². The predicted molar refractivity (Wildman–Crippen MR) is 174 cm³/mol. The molecule has 0 spiro atoms. The molecule has 0 aliphatic carbocycles. The number of anilines is 1. The third kappa shape index (κ3) is 10.0. The molecular weight excluding hydrogens is 661 g/mol. The first-order valence-corrected chi connectivity index (χ1v) is 17.1. The number of hydrogen-bond acceptors (Lipinski definition) is 4. The number of carbonyl (C=O) groups is 2. The third-order valence-corrected chi connectivity index (χ3v) is 9.13. The lowest BCUT2D eigenvalue weighted by atomic mass is 10.0. The van der Waals surface area contributed by atoms with Crippen molar-refractivity contribution < 1.29 is 18.0 Å². The first-order chi connectivity index (χ1) is 19.9. The molecule has 1 N–H and O–H groups in total. The van der Waals surface area contributed by atoms with Gasteiger partial charge in [-0.3, -0.25) is 13.9 Å². The summed E-state index contributed by atoms with van der Waals surface area (Å²) in [4.78, 5) is 29.2. The Bertz CT molecular complexity index is 1460. The summed E-state index contributed by atoms with van der Waals surface area (Å²) in [5.41, 5.74) is 2.04. The molecule has 0 aromatic heterocycles. The van der Waals surface area contributed by atoms with E-state index in [1.165, 1.54) is 12.1 Å². The van der Waals surface area contributed by atoms with Gasteiger partial charge in [0.2, 0.25) is 21.8 Å². The number of benzene rings is 3. The van der Waals surface area contributed by atoms with Crippen molar-refractivity contribution in [3.8, 4) is 0 Å². The van der Waals surface area contributed by atoms with Gasteiger partial charge in [-0.1, -0.05) is 88.5 Å². The summed E-state index contributed by atoms with van der Waals surface area (Å²) in [5, 5.41) is 3.63. The lowest BCUT2D eigenvalue weighted by Gasteiger charge is -2.33. The van der Waals surface area contributed by atoms with Crippen LogP contribution < -0.4 is 9.62 Å². The minimum atomic E-state index is -3.72. The SMILES string of the molecule is CC[C@H](C)NC(=O)[C@@H](Cc1ccccc1)N(Cc1ccc(Br)cc1)C(=O)CCCN(c1cc(Cl)ccc1Cl)S(C)(=O)=O. The number of rotatable bonds is 14. The van der Waals surface area contributed by atoms with Crippen LogP contribution in [-0.4, -0.2) is 50.0 Å². The summed E-state index contributed by atoms with van der Waals surface area (Å²) in [5.74, 6) is -0.495. The molecule has 0 aliphatic rings. The van der Waals surface area contributed by atoms with E-state index in [9.17, 15) is 18.0 Å². The van der Waals surface area contributed by atoms with Gasteiger partial charge < -0.3 is 10.2 Å². The zero-order chi connectivity index (χ0) is 30.9. The molecule has 0 fully saturated rings. The Morgan fingerprint density at radius 1 is 0.976 bits per heavy atom. The standard InChI is InChI=1S/C31H36BrCl2N3O4S/c1-4-22(2)35-31(39)29(19-23-9-6-5-7-10-23)36(21-24-12-14-25(32)15-13-24)30(38)11-8-18-37(42(3,40)41)28-20-26(33)16-17-27(28)34/h5-7,9-10,12-17,20,22,29H,4,8,11,18-19,21H2,1-3H3,(H,35,39)/t22-,29+/m0/s1. The molecule has 2 atom stereocenters. The second-order valence-corrected chi connectivity index (χ2v) is 13.9. The molecule has 3 rings (SSSR count). The van der Waals surface area contributed by atoms with Crippen LogP contribution in [0.4, 0.5) is 5.69 Å². The van der Waals surface area contributed by atoms with E-state index in [1.807, 2.05) is 68.4 Å². The average Bonchev–Trinajstić information content (AvgIpc) is 2.95. The first kappa shape index (κ1) is 33.9. The lowest BCUT2D eigenvalue weighted by Crippen LogP contribution is -2.52. The van der Waals surface area contributed by atoms with Crippen LogP contribution >= 0.6 is 39.1 Å². The van der Waals surface area contributed by atoms with Gasteiger partial charge in [0.15, 0.2) is 0 Å². The lowest BCUT2D eigenvalue weighted by molar-refractivity contribution is -0.141. The highest BCUT2D eigenvalue weighted by Gasteiger charge is 2.31. The van der Waals surface area contributed by atoms with E-state index in [0.717, 1.165) is 32.6 Å². The maximum Gasteiger partial charge on any atom is 0.243 e. The smallest absolute Gasteiger partial charge is 0.243 e. The van der Waals surface area contributed by atoms with Crippen molar-refractivity contribution in [2.45, 2.75) is 58.2 Å². The number of halogens is 3. The van der Waals surface area contributed by atoms with Crippen LogP contribution in [0, 0.1) is 0 Å². The van der Waals surface area contributed by atoms with Crippen LogP contribution in [0.15, 0.2) is 77.3 Å². The number of nitrogens with one attached hydrogen (secondary N) is 1. The van der Waals surface area contributed by atoms with E-state index < -0.39 is 16.1 Å². The molecule has 3 aromatic carbocycles. The first-order valence-electron chi connectivity index (χ1n) is 13.7. The van der Waals surface area contributed by atoms with Crippen molar-refractivity contribution in [3.05, 3.63) is 98.4 Å². The highest BCUT2D eigenvalue weighted by atomic mass is 79.9. The fraction of sp³-hybridized carbons (Fsp3) is 0.355. The average molecular weight is 698 g/mol. The Labute approximate surface area is 267 Å². The van der Waals surface area contributed by atoms with Crippen molar-refractivity contribution in [2.24, 2.45) is 0 Å². The molecule has 0 radical (unpaired) electrons. The van der Waals surface area contributed by atoms with E-state index in [-0.39, 0.29) is 54.5 Å². The van der Waals surface area contributed by atoms with E-state index in [0.29, 0.717) is 11.4 Å². The highest BCUT2D eigenvalue weighted by molar-refractivity contribution is 9.10. The van der Waals surface area contributed by atoms with Gasteiger partial charge in [0.25, 0.3) is 0 Å². The molecule has 3 aromatic rings. The zero-order valence-corrected chi connectivity index (χ0v) is 27.8. The van der Waals surface area contributed by atoms with Crippen LogP contribution in [0.5, 0.6) is 0 Å². The summed E-state index contributed by atoms with van der Waals surface area (Å²) in [6.07, 6.45) is 2.39. The topological polar surface area (TPSA) is 86.8 Å². The molecule has 0 aliphatic heterocycles. The van der Waals surface area contributed by atoms with Crippen molar-refractivity contribution in [2.75, 3.05) is 17.1 Å². The minimum Gasteiger partial charge on any atom is -0.352 e. The Kier molecular flexibility index (Phi) is 12.7. The monoisotopic (exact) mass is 695 g/mol. The van der Waals surface area contributed by atoms with Crippen LogP contribution in [0.1, 0.15) is 44.2 Å². The molecule has 0 unspecified atom stereocenters. The molecule has 42 heavy (non-hydrogen) atoms. The Hall–Kier alpha value is -2.59. The number of nitrogens with zero attached hydrogens (tertiary/aromatic N) is 2. The normalized spacial score (nSPS) is 12.8. The summed E-state index contributed by atoms with van der Waals surface area (Å²) in [7, 11) is -3.72. The largest absolute Gasteiger partial charge is 0.352 e. The second-order valence-electron chi connectivity index (χ2n) is 10.2. The summed E-state index contributed by atoms with van der Waals surface area (Å²) < 4.78 is 27.4. The number of sulfonamides is 1. The molecule has 0 saturated heterocycles. The summed E-state index contributed by atoms with van der Waals surface area (Å²) >= 11 is 15.9. The molecule has 11 heteroatoms. The Morgan fingerprint density at radius 3 is 2.26 bits per heavy atom. The Morgan fingerprint density at radius 2 is 1.64 bits per heavy atom. The molecule has 0 bridgehead atoms. The van der Waals surface area contributed by atoms with E-state index in [4.69, 9.17) is 23.2 Å². The van der Waals surface area contributed by atoms with E-state index >= 15 is 0 Å². The van der Waals surface area contributed by atoms with Gasteiger partial charge in [0.1, 0.15) is 6.04 Å². The fourth-order valence-electron chi connectivity index (χ4n) is 4.44. The van der Waals surface area contributed by atoms with Gasteiger partial charge in [-0.2, -0.15) is 0 Å². The van der Waals surface area contributed by atoms with Gasteiger partial charge in [-0.25, -0.2) is 8.42 Å². The minimum absolute atomic E-state index is 0.0131. The summed E-state index contributed by atoms with van der Waals surface area (Å²) in [6.45, 7) is 4.15. The molecule has 0 heterocycles. The van der Waals surface area contributed by atoms with E-state index in [1.54, 1.807) is 11.0 Å². The molecule has 7 nitrogen and oxygen atoms in total. The molecule has 0 saturated carbocycles. The maximum absolute atomic E-state index is 13.9. The van der Waals surface area contributed by atoms with Crippen LogP contribution in [0.3, 0.4) is 0 Å². The van der Waals surface area contributed by atoms with Gasteiger partial charge in [-0.15, -0.1) is 0 Å². The van der Waals surface area contributed by atoms with Crippen LogP contribution in [-0.2, 0) is 32.6 Å². The van der Waals surface area contributed by atoms with Crippen LogP contribution in [0.25, 0.3) is 0 Å². The third-order valence-electron chi connectivity index (χ3n) is 6.87. The predicted octanol–water partition coefficient (Wildman–Crippen LogP) is 6.86. The highest BCUT2D eigenvalue weighted by Crippen LogP contribution is 2.31. The van der Waals surface area contributed by atoms with E-state index in [2.05, 4.69) is 21.2 Å². The number of amides is 2. The van der Waals surface area contributed by atoms with Gasteiger partial charge in [0, 0.05) is 41.5 Å². The number of carbonyl (C=O) groups excluding carboxylic acids is 2. The van der Waals surface area contributed by atoms with Gasteiger partial charge in [0.05, 0.1) is 17.0 Å². The molecule has 2 amide bonds. The fourth-order valence-corrected chi connectivity index (χ4v) is 6.11. The van der Waals surface area contributed by atoms with Gasteiger partial charge >= 0.3 is 0 Å². The second kappa shape index (κ2) is 15.8.